The molecule has 0 aliphatic carbocycles. The number of carbonyl (C=O) groups is 2. The highest BCUT2D eigenvalue weighted by Crippen LogP contribution is 2.30. The van der Waals surface area contributed by atoms with Crippen molar-refractivity contribution in [2.45, 2.75) is 64.6 Å². The fraction of sp³-hybridized carbons (Fsp3) is 0.462. The lowest BCUT2D eigenvalue weighted by molar-refractivity contribution is -0.152. The zero-order valence-corrected chi connectivity index (χ0v) is 19.3. The number of carboxylic acids is 1. The molecule has 1 atom stereocenters. The van der Waals surface area contributed by atoms with Crippen molar-refractivity contribution in [1.29, 1.82) is 0 Å². The number of aliphatic carboxylic acids is 1. The number of nitrogens with zero attached hydrogens (tertiary/aromatic N) is 1. The van der Waals surface area contributed by atoms with E-state index in [1.54, 1.807) is 11.0 Å². The van der Waals surface area contributed by atoms with Crippen LogP contribution >= 0.6 is 0 Å². The predicted octanol–water partition coefficient (Wildman–Crippen LogP) is 5.57. The predicted molar refractivity (Wildman–Crippen MR) is 123 cm³/mol. The van der Waals surface area contributed by atoms with E-state index in [0.29, 0.717) is 24.8 Å². The summed E-state index contributed by atoms with van der Waals surface area (Å²) in [5.74, 6) is 0.113. The second-order valence-corrected chi connectivity index (χ2v) is 9.23. The molecule has 6 heteroatoms. The molecule has 1 aliphatic heterocycles. The maximum absolute atomic E-state index is 12.7. The molecule has 0 unspecified atom stereocenters. The van der Waals surface area contributed by atoms with E-state index in [4.69, 9.17) is 9.47 Å². The molecule has 0 spiro atoms. The van der Waals surface area contributed by atoms with E-state index in [0.717, 1.165) is 24.0 Å². The molecule has 32 heavy (non-hydrogen) atoms. The van der Waals surface area contributed by atoms with Crippen LogP contribution in [0.4, 0.5) is 4.79 Å². The second kappa shape index (κ2) is 10.1. The minimum Gasteiger partial charge on any atom is -0.478 e. The average Bonchev–Trinajstić information content (AvgIpc) is 2.77. The lowest BCUT2D eigenvalue weighted by atomic mass is 9.90. The lowest BCUT2D eigenvalue weighted by Crippen LogP contribution is -2.39. The first kappa shape index (κ1) is 23.6. The average molecular weight is 440 g/mol. The van der Waals surface area contributed by atoms with Crippen molar-refractivity contribution in [3.05, 3.63) is 65.2 Å². The van der Waals surface area contributed by atoms with Crippen molar-refractivity contribution >= 4 is 12.1 Å². The largest absolute Gasteiger partial charge is 0.478 e. The molecule has 0 bridgehead atoms. The van der Waals surface area contributed by atoms with Gasteiger partial charge in [0.25, 0.3) is 0 Å². The minimum atomic E-state index is -1.31. The smallest absolute Gasteiger partial charge is 0.410 e. The Morgan fingerprint density at radius 2 is 1.88 bits per heavy atom. The molecule has 1 fully saturated rings. The fourth-order valence-electron chi connectivity index (χ4n) is 3.82. The van der Waals surface area contributed by atoms with Gasteiger partial charge in [-0.05, 0) is 61.4 Å². The van der Waals surface area contributed by atoms with Gasteiger partial charge < -0.3 is 19.5 Å². The summed E-state index contributed by atoms with van der Waals surface area (Å²) in [7, 11) is 0. The number of hydrogen-bond donors (Lipinski definition) is 1. The number of hydrogen-bond acceptors (Lipinski definition) is 4. The number of amides is 1. The van der Waals surface area contributed by atoms with Gasteiger partial charge in [-0.1, -0.05) is 50.2 Å². The first-order valence-electron chi connectivity index (χ1n) is 11.2. The monoisotopic (exact) mass is 439 g/mol. The van der Waals surface area contributed by atoms with Gasteiger partial charge in [0.1, 0.15) is 12.4 Å². The molecule has 0 aromatic heterocycles. The van der Waals surface area contributed by atoms with E-state index < -0.39 is 11.6 Å². The molecular weight excluding hydrogens is 406 g/mol. The number of piperidine rings is 1. The summed E-state index contributed by atoms with van der Waals surface area (Å²) in [6, 6.07) is 15.7. The first-order valence-corrected chi connectivity index (χ1v) is 11.2. The molecule has 2 aromatic rings. The third kappa shape index (κ3) is 6.02. The van der Waals surface area contributed by atoms with Crippen LogP contribution in [0.3, 0.4) is 0 Å². The summed E-state index contributed by atoms with van der Waals surface area (Å²) in [5.41, 5.74) is 1.96. The van der Waals surface area contributed by atoms with Crippen molar-refractivity contribution < 1.29 is 24.2 Å². The summed E-state index contributed by atoms with van der Waals surface area (Å²) >= 11 is 0. The number of benzene rings is 2. The Kier molecular flexibility index (Phi) is 7.44. The summed E-state index contributed by atoms with van der Waals surface area (Å²) in [6.45, 7) is 8.84. The van der Waals surface area contributed by atoms with Gasteiger partial charge in [0, 0.05) is 19.0 Å². The molecule has 0 radical (unpaired) electrons. The van der Waals surface area contributed by atoms with Gasteiger partial charge in [0.15, 0.2) is 5.60 Å². The van der Waals surface area contributed by atoms with E-state index in [1.807, 2.05) is 30.3 Å². The maximum atomic E-state index is 12.7. The third-order valence-corrected chi connectivity index (χ3v) is 5.91. The minimum absolute atomic E-state index is 0.151. The lowest BCUT2D eigenvalue weighted by Gasteiger charge is -2.32. The molecule has 1 saturated heterocycles. The summed E-state index contributed by atoms with van der Waals surface area (Å²) in [4.78, 5) is 25.8. The van der Waals surface area contributed by atoms with Crippen LogP contribution in [0.25, 0.3) is 0 Å². The molecule has 3 rings (SSSR count). The Morgan fingerprint density at radius 1 is 1.16 bits per heavy atom. The van der Waals surface area contributed by atoms with Crippen molar-refractivity contribution in [3.63, 3.8) is 0 Å². The molecule has 1 aliphatic rings. The van der Waals surface area contributed by atoms with E-state index >= 15 is 0 Å². The van der Waals surface area contributed by atoms with Crippen molar-refractivity contribution in [2.24, 2.45) is 0 Å². The Hall–Kier alpha value is -3.02. The highest BCUT2D eigenvalue weighted by molar-refractivity contribution is 5.76. The summed E-state index contributed by atoms with van der Waals surface area (Å²) < 4.78 is 11.2. The van der Waals surface area contributed by atoms with Crippen LogP contribution in [-0.2, 0) is 16.1 Å². The normalized spacial score (nSPS) is 16.7. The van der Waals surface area contributed by atoms with Crippen LogP contribution in [0.5, 0.6) is 5.75 Å². The number of ether oxygens (including phenoxy) is 2. The molecular formula is C26H33NO5. The van der Waals surface area contributed by atoms with Gasteiger partial charge in [-0.25, -0.2) is 9.59 Å². The highest BCUT2D eigenvalue weighted by atomic mass is 16.6. The Balaban J connectivity index is 1.59. The molecule has 172 valence electrons. The molecule has 1 heterocycles. The van der Waals surface area contributed by atoms with Gasteiger partial charge in [-0.3, -0.25) is 0 Å². The Labute approximate surface area is 190 Å². The Morgan fingerprint density at radius 3 is 2.53 bits per heavy atom. The van der Waals surface area contributed by atoms with Crippen LogP contribution < -0.4 is 4.74 Å². The van der Waals surface area contributed by atoms with Crippen LogP contribution in [0.1, 0.15) is 69.1 Å². The molecule has 0 saturated carbocycles. The maximum Gasteiger partial charge on any atom is 0.410 e. The SMILES string of the molecule is CC(C)c1ccc(COC(=O)N2CCC[C@@H](c3cccc(OC(C)(C)C(=O)O)c3)C2)cc1. The fourth-order valence-corrected chi connectivity index (χ4v) is 3.82. The summed E-state index contributed by atoms with van der Waals surface area (Å²) in [5, 5.41) is 9.30. The van der Waals surface area contributed by atoms with Gasteiger partial charge in [0.05, 0.1) is 0 Å². The van der Waals surface area contributed by atoms with Crippen molar-refractivity contribution in [2.75, 3.05) is 13.1 Å². The van der Waals surface area contributed by atoms with Crippen LogP contribution in [-0.4, -0.2) is 40.8 Å². The highest BCUT2D eigenvalue weighted by Gasteiger charge is 2.30. The third-order valence-electron chi connectivity index (χ3n) is 5.91. The van der Waals surface area contributed by atoms with Gasteiger partial charge >= 0.3 is 12.1 Å². The van der Waals surface area contributed by atoms with Crippen LogP contribution in [0, 0.1) is 0 Å². The standard InChI is InChI=1S/C26H33NO5/c1-18(2)20-12-10-19(11-13-20)17-31-25(30)27-14-6-8-22(16-27)21-7-5-9-23(15-21)32-26(3,4)24(28)29/h5,7,9-13,15,18,22H,6,8,14,16-17H2,1-4H3,(H,28,29)/t22-/m1/s1. The van der Waals surface area contributed by atoms with Crippen LogP contribution in [0.15, 0.2) is 48.5 Å². The number of likely N-dealkylation sites (tertiary alicyclic amines) is 1. The van der Waals surface area contributed by atoms with E-state index in [2.05, 4.69) is 26.0 Å². The van der Waals surface area contributed by atoms with Crippen molar-refractivity contribution in [3.8, 4) is 5.75 Å². The van der Waals surface area contributed by atoms with Crippen molar-refractivity contribution in [1.82, 2.24) is 4.90 Å². The van der Waals surface area contributed by atoms with Gasteiger partial charge in [0.2, 0.25) is 0 Å². The molecule has 1 amide bonds. The number of rotatable bonds is 7. The first-order chi connectivity index (χ1) is 15.2. The van der Waals surface area contributed by atoms with Gasteiger partial charge in [-0.2, -0.15) is 0 Å². The van der Waals surface area contributed by atoms with E-state index in [1.165, 1.54) is 19.4 Å². The molecule has 6 nitrogen and oxygen atoms in total. The van der Waals surface area contributed by atoms with Gasteiger partial charge in [-0.15, -0.1) is 0 Å². The topological polar surface area (TPSA) is 76.1 Å². The zero-order valence-electron chi connectivity index (χ0n) is 19.3. The van der Waals surface area contributed by atoms with Crippen LogP contribution in [0.2, 0.25) is 0 Å². The summed E-state index contributed by atoms with van der Waals surface area (Å²) in [6.07, 6.45) is 1.53. The Bertz CT molecular complexity index is 935. The molecule has 1 N–H and O–H groups in total. The van der Waals surface area contributed by atoms with E-state index in [-0.39, 0.29) is 18.6 Å². The zero-order chi connectivity index (χ0) is 23.3. The van der Waals surface area contributed by atoms with E-state index in [9.17, 15) is 14.7 Å². The number of carbonyl (C=O) groups excluding carboxylic acids is 1. The number of carboxylic acid groups (broad SMARTS) is 1. The second-order valence-electron chi connectivity index (χ2n) is 9.23. The quantitative estimate of drug-likeness (QED) is 0.610. The molecule has 2 aromatic carbocycles.